The fourth-order valence-electron chi connectivity index (χ4n) is 1.87. The fourth-order valence-corrected chi connectivity index (χ4v) is 1.87. The van der Waals surface area contributed by atoms with E-state index in [0.717, 1.165) is 12.8 Å². The molecular formula is C10H13N3O3. The number of hydrogen-bond donors (Lipinski definition) is 1. The number of aryl methyl sites for hydroxylation is 1. The zero-order chi connectivity index (χ0) is 11.7. The van der Waals surface area contributed by atoms with E-state index in [0.29, 0.717) is 13.1 Å². The predicted molar refractivity (Wildman–Crippen MR) is 55.3 cm³/mol. The van der Waals surface area contributed by atoms with Gasteiger partial charge in [0.2, 0.25) is 0 Å². The summed E-state index contributed by atoms with van der Waals surface area (Å²) in [6.07, 6.45) is 3.30. The molecule has 2 rings (SSSR count). The molecule has 6 heteroatoms. The van der Waals surface area contributed by atoms with Gasteiger partial charge in [-0.15, -0.1) is 0 Å². The number of carboxylic acids is 1. The molecule has 0 radical (unpaired) electrons. The van der Waals surface area contributed by atoms with Crippen LogP contribution in [0.3, 0.4) is 0 Å². The van der Waals surface area contributed by atoms with E-state index in [4.69, 9.17) is 5.11 Å². The van der Waals surface area contributed by atoms with Crippen LogP contribution in [0.15, 0.2) is 6.20 Å². The second kappa shape index (κ2) is 3.96. The van der Waals surface area contributed by atoms with Crippen molar-refractivity contribution in [1.82, 2.24) is 14.7 Å². The van der Waals surface area contributed by atoms with Crippen molar-refractivity contribution in [2.45, 2.75) is 12.8 Å². The lowest BCUT2D eigenvalue weighted by Gasteiger charge is -2.13. The summed E-state index contributed by atoms with van der Waals surface area (Å²) in [5.41, 5.74) is 0.0105. The van der Waals surface area contributed by atoms with Gasteiger partial charge in [0.15, 0.2) is 5.69 Å². The fraction of sp³-hybridized carbons (Fsp3) is 0.500. The van der Waals surface area contributed by atoms with Crippen LogP contribution in [0.5, 0.6) is 0 Å². The maximum Gasteiger partial charge on any atom is 0.339 e. The molecule has 2 heterocycles. The molecule has 1 aliphatic rings. The zero-order valence-corrected chi connectivity index (χ0v) is 9.01. The van der Waals surface area contributed by atoms with Crippen molar-refractivity contribution in [3.05, 3.63) is 17.5 Å². The Morgan fingerprint density at radius 2 is 2.00 bits per heavy atom. The average molecular weight is 223 g/mol. The molecule has 1 N–H and O–H groups in total. The van der Waals surface area contributed by atoms with Crippen LogP contribution in [0, 0.1) is 0 Å². The number of carbonyl (C=O) groups excluding carboxylic acids is 1. The highest BCUT2D eigenvalue weighted by Crippen LogP contribution is 2.14. The van der Waals surface area contributed by atoms with E-state index in [1.165, 1.54) is 10.9 Å². The summed E-state index contributed by atoms with van der Waals surface area (Å²) in [6, 6.07) is 0. The Kier molecular flexibility index (Phi) is 2.64. The lowest BCUT2D eigenvalue weighted by atomic mass is 10.2. The number of carboxylic acid groups (broad SMARTS) is 1. The number of nitrogens with zero attached hydrogens (tertiary/aromatic N) is 3. The maximum absolute atomic E-state index is 12.0. The average Bonchev–Trinajstić information content (AvgIpc) is 2.84. The minimum atomic E-state index is -1.12. The quantitative estimate of drug-likeness (QED) is 0.785. The van der Waals surface area contributed by atoms with E-state index in [-0.39, 0.29) is 17.2 Å². The Morgan fingerprint density at radius 1 is 1.38 bits per heavy atom. The lowest BCUT2D eigenvalue weighted by Crippen LogP contribution is -2.29. The summed E-state index contributed by atoms with van der Waals surface area (Å²) in [7, 11) is 1.60. The summed E-state index contributed by atoms with van der Waals surface area (Å²) in [5.74, 6) is -1.40. The molecule has 1 aliphatic heterocycles. The van der Waals surface area contributed by atoms with E-state index in [1.807, 2.05) is 0 Å². The summed E-state index contributed by atoms with van der Waals surface area (Å²) in [4.78, 5) is 24.6. The van der Waals surface area contributed by atoms with Crippen LogP contribution in [0.1, 0.15) is 33.7 Å². The number of aromatic nitrogens is 2. The highest BCUT2D eigenvalue weighted by Gasteiger charge is 2.26. The van der Waals surface area contributed by atoms with Gasteiger partial charge in [-0.25, -0.2) is 4.79 Å². The van der Waals surface area contributed by atoms with E-state index in [1.54, 1.807) is 11.9 Å². The number of rotatable bonds is 2. The highest BCUT2D eigenvalue weighted by molar-refractivity contribution is 6.03. The Bertz CT molecular complexity index is 433. The molecule has 0 unspecified atom stereocenters. The molecular weight excluding hydrogens is 210 g/mol. The smallest absolute Gasteiger partial charge is 0.339 e. The first-order valence-corrected chi connectivity index (χ1v) is 5.16. The van der Waals surface area contributed by atoms with E-state index >= 15 is 0 Å². The minimum Gasteiger partial charge on any atom is -0.478 e. The summed E-state index contributed by atoms with van der Waals surface area (Å²) < 4.78 is 1.35. The molecule has 0 aromatic carbocycles. The molecule has 0 saturated carbocycles. The largest absolute Gasteiger partial charge is 0.478 e. The molecule has 1 saturated heterocycles. The molecule has 16 heavy (non-hydrogen) atoms. The number of hydrogen-bond acceptors (Lipinski definition) is 3. The monoisotopic (exact) mass is 223 g/mol. The first kappa shape index (κ1) is 10.7. The van der Waals surface area contributed by atoms with Crippen molar-refractivity contribution < 1.29 is 14.7 Å². The molecule has 0 spiro atoms. The van der Waals surface area contributed by atoms with Crippen LogP contribution in [0.25, 0.3) is 0 Å². The van der Waals surface area contributed by atoms with Gasteiger partial charge in [0.05, 0.1) is 0 Å². The van der Waals surface area contributed by atoms with Crippen molar-refractivity contribution in [2.24, 2.45) is 7.05 Å². The first-order valence-electron chi connectivity index (χ1n) is 5.16. The van der Waals surface area contributed by atoms with Crippen molar-refractivity contribution >= 4 is 11.9 Å². The topological polar surface area (TPSA) is 75.4 Å². The molecule has 0 atom stereocenters. The number of amides is 1. The normalized spacial score (nSPS) is 15.4. The minimum absolute atomic E-state index is 0.0283. The third kappa shape index (κ3) is 1.78. The molecule has 1 aromatic rings. The summed E-state index contributed by atoms with van der Waals surface area (Å²) >= 11 is 0. The number of aromatic carboxylic acids is 1. The van der Waals surface area contributed by atoms with Crippen LogP contribution in [-0.2, 0) is 7.05 Å². The third-order valence-corrected chi connectivity index (χ3v) is 2.66. The molecule has 1 amide bonds. The van der Waals surface area contributed by atoms with E-state index in [9.17, 15) is 9.59 Å². The van der Waals surface area contributed by atoms with Gasteiger partial charge in [-0.05, 0) is 12.8 Å². The molecule has 0 aliphatic carbocycles. The molecule has 6 nitrogen and oxygen atoms in total. The van der Waals surface area contributed by atoms with E-state index < -0.39 is 5.97 Å². The predicted octanol–water partition coefficient (Wildman–Crippen LogP) is 0.354. The van der Waals surface area contributed by atoms with Gasteiger partial charge >= 0.3 is 5.97 Å². The van der Waals surface area contributed by atoms with Crippen LogP contribution >= 0.6 is 0 Å². The van der Waals surface area contributed by atoms with Crippen molar-refractivity contribution in [1.29, 1.82) is 0 Å². The zero-order valence-electron chi connectivity index (χ0n) is 9.01. The van der Waals surface area contributed by atoms with Gasteiger partial charge in [-0.3, -0.25) is 9.48 Å². The Balaban J connectivity index is 2.31. The van der Waals surface area contributed by atoms with Crippen molar-refractivity contribution in [3.63, 3.8) is 0 Å². The SMILES string of the molecule is Cn1cc(C(=O)O)c(C(=O)N2CCCC2)n1. The summed E-state index contributed by atoms with van der Waals surface area (Å²) in [5, 5.41) is 12.9. The standard InChI is InChI=1S/C10H13N3O3/c1-12-6-7(10(15)16)8(11-12)9(14)13-4-2-3-5-13/h6H,2-5H2,1H3,(H,15,16). The van der Waals surface area contributed by atoms with Gasteiger partial charge in [0.1, 0.15) is 5.56 Å². The highest BCUT2D eigenvalue weighted by atomic mass is 16.4. The number of likely N-dealkylation sites (tertiary alicyclic amines) is 1. The second-order valence-corrected chi connectivity index (χ2v) is 3.87. The first-order chi connectivity index (χ1) is 7.59. The van der Waals surface area contributed by atoms with Gasteiger partial charge in [-0.2, -0.15) is 5.10 Å². The third-order valence-electron chi connectivity index (χ3n) is 2.66. The van der Waals surface area contributed by atoms with Crippen LogP contribution in [0.2, 0.25) is 0 Å². The van der Waals surface area contributed by atoms with Gasteiger partial charge in [-0.1, -0.05) is 0 Å². The van der Waals surface area contributed by atoms with E-state index in [2.05, 4.69) is 5.10 Å². The van der Waals surface area contributed by atoms with Crippen molar-refractivity contribution in [2.75, 3.05) is 13.1 Å². The Hall–Kier alpha value is -1.85. The Labute approximate surface area is 92.5 Å². The maximum atomic E-state index is 12.0. The summed E-state index contributed by atoms with van der Waals surface area (Å²) in [6.45, 7) is 1.38. The second-order valence-electron chi connectivity index (χ2n) is 3.87. The van der Waals surface area contributed by atoms with Gasteiger partial charge in [0.25, 0.3) is 5.91 Å². The molecule has 86 valence electrons. The van der Waals surface area contributed by atoms with Gasteiger partial charge < -0.3 is 10.0 Å². The Morgan fingerprint density at radius 3 is 2.56 bits per heavy atom. The van der Waals surface area contributed by atoms with Crippen LogP contribution in [-0.4, -0.2) is 44.8 Å². The molecule has 1 aromatic heterocycles. The van der Waals surface area contributed by atoms with Crippen molar-refractivity contribution in [3.8, 4) is 0 Å². The van der Waals surface area contributed by atoms with Crippen LogP contribution < -0.4 is 0 Å². The van der Waals surface area contributed by atoms with Gasteiger partial charge in [0, 0.05) is 26.3 Å². The van der Waals surface area contributed by atoms with Crippen LogP contribution in [0.4, 0.5) is 0 Å². The number of carbonyl (C=O) groups is 2. The molecule has 0 bridgehead atoms. The lowest BCUT2D eigenvalue weighted by molar-refractivity contribution is 0.0680. The molecule has 1 fully saturated rings.